The molecular weight excluding hydrogens is 196 g/mol. The molecule has 0 saturated heterocycles. The van der Waals surface area contributed by atoms with Gasteiger partial charge in [0, 0.05) is 0 Å². The highest BCUT2D eigenvalue weighted by molar-refractivity contribution is 6.92. The standard InChI is InChI=1S/C14H23Si/c1-4-5-6-10-13-15(2,3)14-11-8-7-9-12-14/h7-9,11-13H,4-6,10H2,1-3H3. The van der Waals surface area contributed by atoms with Crippen molar-refractivity contribution in [1.29, 1.82) is 0 Å². The van der Waals surface area contributed by atoms with Crippen LogP contribution in [0.25, 0.3) is 0 Å². The van der Waals surface area contributed by atoms with Gasteiger partial charge in [-0.3, -0.25) is 0 Å². The van der Waals surface area contributed by atoms with E-state index in [1.165, 1.54) is 25.7 Å². The molecule has 0 atom stereocenters. The van der Waals surface area contributed by atoms with Crippen molar-refractivity contribution in [3.63, 3.8) is 0 Å². The minimum absolute atomic E-state index is 1.25. The number of benzene rings is 1. The van der Waals surface area contributed by atoms with E-state index in [0.29, 0.717) is 0 Å². The van der Waals surface area contributed by atoms with Gasteiger partial charge in [0.05, 0.1) is 8.07 Å². The first kappa shape index (κ1) is 12.5. The molecule has 1 radical (unpaired) electrons. The Labute approximate surface area is 95.7 Å². The fourth-order valence-electron chi connectivity index (χ4n) is 1.84. The SMILES string of the molecule is CCCCC[CH][Si](C)(C)c1ccccc1. The molecule has 0 fully saturated rings. The van der Waals surface area contributed by atoms with Crippen LogP contribution < -0.4 is 5.19 Å². The fourth-order valence-corrected chi connectivity index (χ4v) is 4.06. The predicted octanol–water partition coefficient (Wildman–Crippen LogP) is 3.93. The fraction of sp³-hybridized carbons (Fsp3) is 0.500. The molecule has 0 aliphatic carbocycles. The zero-order valence-electron chi connectivity index (χ0n) is 10.3. The topological polar surface area (TPSA) is 0 Å². The Hall–Kier alpha value is -0.563. The van der Waals surface area contributed by atoms with Gasteiger partial charge in [-0.1, -0.05) is 81.2 Å². The van der Waals surface area contributed by atoms with E-state index in [1.54, 1.807) is 5.19 Å². The third-order valence-corrected chi connectivity index (χ3v) is 6.11. The third-order valence-electron chi connectivity index (χ3n) is 2.98. The van der Waals surface area contributed by atoms with E-state index in [9.17, 15) is 0 Å². The Balaban J connectivity index is 2.45. The molecule has 0 nitrogen and oxygen atoms in total. The van der Waals surface area contributed by atoms with Crippen LogP contribution in [0.15, 0.2) is 30.3 Å². The van der Waals surface area contributed by atoms with Crippen LogP contribution in [0.4, 0.5) is 0 Å². The van der Waals surface area contributed by atoms with Gasteiger partial charge in [0.15, 0.2) is 0 Å². The van der Waals surface area contributed by atoms with E-state index in [4.69, 9.17) is 0 Å². The number of rotatable bonds is 6. The average Bonchev–Trinajstić information content (AvgIpc) is 2.26. The Kier molecular flexibility index (Phi) is 5.10. The molecule has 83 valence electrons. The molecule has 0 amide bonds. The van der Waals surface area contributed by atoms with Crippen molar-refractivity contribution < 1.29 is 0 Å². The summed E-state index contributed by atoms with van der Waals surface area (Å²) in [6.07, 6.45) is 5.35. The maximum atomic E-state index is 2.60. The van der Waals surface area contributed by atoms with Crippen LogP contribution in [0.1, 0.15) is 32.6 Å². The first-order valence-electron chi connectivity index (χ1n) is 6.06. The minimum atomic E-state index is -1.25. The first-order valence-corrected chi connectivity index (χ1v) is 9.14. The summed E-state index contributed by atoms with van der Waals surface area (Å²) in [5.74, 6) is 0. The molecule has 0 heterocycles. The Morgan fingerprint density at radius 3 is 2.33 bits per heavy atom. The number of hydrogen-bond donors (Lipinski definition) is 0. The van der Waals surface area contributed by atoms with Gasteiger partial charge in [-0.15, -0.1) is 0 Å². The second-order valence-corrected chi connectivity index (χ2v) is 9.22. The molecule has 0 bridgehead atoms. The number of hydrogen-bond acceptors (Lipinski definition) is 0. The van der Waals surface area contributed by atoms with Crippen LogP contribution in [0.5, 0.6) is 0 Å². The Morgan fingerprint density at radius 2 is 1.73 bits per heavy atom. The lowest BCUT2D eigenvalue weighted by Crippen LogP contribution is -2.42. The molecule has 1 rings (SSSR count). The van der Waals surface area contributed by atoms with Gasteiger partial charge in [0.25, 0.3) is 0 Å². The highest BCUT2D eigenvalue weighted by atomic mass is 28.3. The molecular formula is C14H23Si. The van der Waals surface area contributed by atoms with E-state index < -0.39 is 8.07 Å². The summed E-state index contributed by atoms with van der Waals surface area (Å²) in [7, 11) is -1.25. The molecule has 0 saturated carbocycles. The maximum Gasteiger partial charge on any atom is 0.0836 e. The summed E-state index contributed by atoms with van der Waals surface area (Å²) in [4.78, 5) is 0. The van der Waals surface area contributed by atoms with Crippen LogP contribution in [-0.4, -0.2) is 8.07 Å². The summed E-state index contributed by atoms with van der Waals surface area (Å²) < 4.78 is 0. The molecule has 0 N–H and O–H groups in total. The second-order valence-electron chi connectivity index (χ2n) is 4.79. The van der Waals surface area contributed by atoms with E-state index in [0.717, 1.165) is 0 Å². The molecule has 0 aromatic heterocycles. The van der Waals surface area contributed by atoms with Crippen LogP contribution in [0.3, 0.4) is 0 Å². The van der Waals surface area contributed by atoms with Gasteiger partial charge in [0.1, 0.15) is 0 Å². The molecule has 1 aromatic carbocycles. The van der Waals surface area contributed by atoms with E-state index in [2.05, 4.69) is 56.4 Å². The second kappa shape index (κ2) is 6.11. The van der Waals surface area contributed by atoms with Crippen molar-refractivity contribution in [2.45, 2.75) is 45.7 Å². The summed E-state index contributed by atoms with van der Waals surface area (Å²) in [5.41, 5.74) is 0. The van der Waals surface area contributed by atoms with Gasteiger partial charge in [-0.05, 0) is 6.04 Å². The largest absolute Gasteiger partial charge is 0.0836 e. The monoisotopic (exact) mass is 219 g/mol. The normalized spacial score (nSPS) is 11.7. The quantitative estimate of drug-likeness (QED) is 0.502. The molecule has 0 aliphatic heterocycles. The lowest BCUT2D eigenvalue weighted by molar-refractivity contribution is 0.721. The van der Waals surface area contributed by atoms with Gasteiger partial charge >= 0.3 is 0 Å². The van der Waals surface area contributed by atoms with Crippen LogP contribution in [0, 0.1) is 6.04 Å². The van der Waals surface area contributed by atoms with Crippen molar-refractivity contribution in [3.05, 3.63) is 36.4 Å². The molecule has 0 aliphatic rings. The minimum Gasteiger partial charge on any atom is -0.0654 e. The highest BCUT2D eigenvalue weighted by Gasteiger charge is 2.22. The number of unbranched alkanes of at least 4 members (excludes halogenated alkanes) is 3. The Bertz CT molecular complexity index is 264. The third kappa shape index (κ3) is 4.21. The summed E-state index contributed by atoms with van der Waals surface area (Å²) >= 11 is 0. The maximum absolute atomic E-state index is 2.60. The zero-order chi connectivity index (χ0) is 11.1. The first-order chi connectivity index (χ1) is 7.17. The smallest absolute Gasteiger partial charge is 0.0654 e. The summed E-state index contributed by atoms with van der Waals surface area (Å²) in [6, 6.07) is 13.6. The van der Waals surface area contributed by atoms with Gasteiger partial charge in [-0.25, -0.2) is 0 Å². The lowest BCUT2D eigenvalue weighted by Gasteiger charge is -2.22. The van der Waals surface area contributed by atoms with Crippen molar-refractivity contribution in [1.82, 2.24) is 0 Å². The molecule has 1 aromatic rings. The average molecular weight is 219 g/mol. The molecule has 1 heteroatoms. The van der Waals surface area contributed by atoms with Crippen LogP contribution >= 0.6 is 0 Å². The summed E-state index contributed by atoms with van der Waals surface area (Å²) in [6.45, 7) is 7.14. The Morgan fingerprint density at radius 1 is 1.07 bits per heavy atom. The van der Waals surface area contributed by atoms with E-state index >= 15 is 0 Å². The van der Waals surface area contributed by atoms with Crippen LogP contribution in [0.2, 0.25) is 13.1 Å². The van der Waals surface area contributed by atoms with Gasteiger partial charge < -0.3 is 0 Å². The zero-order valence-corrected chi connectivity index (χ0v) is 11.3. The summed E-state index contributed by atoms with van der Waals surface area (Å²) in [5, 5.41) is 1.56. The van der Waals surface area contributed by atoms with E-state index in [1.807, 2.05) is 0 Å². The van der Waals surface area contributed by atoms with Gasteiger partial charge in [-0.2, -0.15) is 0 Å². The molecule has 0 unspecified atom stereocenters. The van der Waals surface area contributed by atoms with Crippen molar-refractivity contribution in [2.75, 3.05) is 0 Å². The predicted molar refractivity (Wildman–Crippen MR) is 72.0 cm³/mol. The highest BCUT2D eigenvalue weighted by Crippen LogP contribution is 2.12. The van der Waals surface area contributed by atoms with Crippen molar-refractivity contribution in [2.24, 2.45) is 0 Å². The van der Waals surface area contributed by atoms with Crippen LogP contribution in [-0.2, 0) is 0 Å². The van der Waals surface area contributed by atoms with E-state index in [-0.39, 0.29) is 0 Å². The lowest BCUT2D eigenvalue weighted by atomic mass is 10.2. The molecule has 0 spiro atoms. The molecule has 15 heavy (non-hydrogen) atoms. The van der Waals surface area contributed by atoms with Crippen molar-refractivity contribution >= 4 is 13.3 Å². The van der Waals surface area contributed by atoms with Crippen molar-refractivity contribution in [3.8, 4) is 0 Å². The van der Waals surface area contributed by atoms with Gasteiger partial charge in [0.2, 0.25) is 0 Å².